The Labute approximate surface area is 156 Å². The van der Waals surface area contributed by atoms with Gasteiger partial charge in [-0.15, -0.1) is 0 Å². The molecule has 0 atom stereocenters. The van der Waals surface area contributed by atoms with Crippen LogP contribution in [-0.2, 0) is 4.79 Å². The minimum absolute atomic E-state index is 0.202. The lowest BCUT2D eigenvalue weighted by molar-refractivity contribution is -0.123. The molecular weight excluding hydrogens is 346 g/mol. The summed E-state index contributed by atoms with van der Waals surface area (Å²) in [6.45, 7) is 3.77. The van der Waals surface area contributed by atoms with Crippen LogP contribution in [0.2, 0.25) is 0 Å². The number of nitrogens with one attached hydrogen (secondary N) is 3. The van der Waals surface area contributed by atoms with E-state index in [2.05, 4.69) is 15.8 Å². The fraction of sp³-hybridized carbons (Fsp3) is 0.200. The van der Waals surface area contributed by atoms with Gasteiger partial charge in [-0.3, -0.25) is 20.4 Å². The molecule has 1 aromatic heterocycles. The minimum Gasteiger partial charge on any atom is -0.497 e. The van der Waals surface area contributed by atoms with Crippen LogP contribution in [0.4, 0.5) is 0 Å². The average Bonchev–Trinajstić information content (AvgIpc) is 3.10. The van der Waals surface area contributed by atoms with Crippen LogP contribution in [0.3, 0.4) is 0 Å². The molecule has 3 N–H and O–H groups in total. The van der Waals surface area contributed by atoms with E-state index in [9.17, 15) is 9.59 Å². The van der Waals surface area contributed by atoms with Gasteiger partial charge in [-0.1, -0.05) is 6.07 Å². The predicted molar refractivity (Wildman–Crippen MR) is 102 cm³/mol. The maximum atomic E-state index is 12.2. The van der Waals surface area contributed by atoms with Crippen LogP contribution < -0.4 is 20.3 Å². The van der Waals surface area contributed by atoms with Crippen molar-refractivity contribution < 1.29 is 19.1 Å². The Hall–Kier alpha value is -3.48. The summed E-state index contributed by atoms with van der Waals surface area (Å²) in [5, 5.41) is 0.866. The number of aromatic nitrogens is 1. The number of fused-ring (bicyclic) bond motifs is 1. The Morgan fingerprint density at radius 1 is 0.963 bits per heavy atom. The van der Waals surface area contributed by atoms with E-state index >= 15 is 0 Å². The van der Waals surface area contributed by atoms with Crippen LogP contribution in [0.25, 0.3) is 10.9 Å². The van der Waals surface area contributed by atoms with Crippen molar-refractivity contribution >= 4 is 22.7 Å². The van der Waals surface area contributed by atoms with Gasteiger partial charge in [0.1, 0.15) is 17.2 Å². The van der Waals surface area contributed by atoms with E-state index in [1.807, 2.05) is 38.1 Å². The summed E-state index contributed by atoms with van der Waals surface area (Å²) >= 11 is 0. The molecule has 7 nitrogen and oxygen atoms in total. The molecule has 27 heavy (non-hydrogen) atoms. The second kappa shape index (κ2) is 7.82. The van der Waals surface area contributed by atoms with Crippen molar-refractivity contribution in [1.29, 1.82) is 0 Å². The number of hydrazine groups is 1. The summed E-state index contributed by atoms with van der Waals surface area (Å²) in [6.07, 6.45) is 0. The Balaban J connectivity index is 1.53. The largest absolute Gasteiger partial charge is 0.497 e. The van der Waals surface area contributed by atoms with Gasteiger partial charge in [-0.05, 0) is 55.3 Å². The molecule has 1 heterocycles. The first-order valence-corrected chi connectivity index (χ1v) is 8.42. The maximum Gasteiger partial charge on any atom is 0.286 e. The quantitative estimate of drug-likeness (QED) is 0.605. The first kappa shape index (κ1) is 18.3. The molecule has 0 aliphatic rings. The number of H-pyrrole nitrogens is 1. The Bertz CT molecular complexity index is 994. The number of benzene rings is 2. The SMILES string of the molecule is COc1ccc2cc(C(=O)NNC(=O)COc3ccc(C)c(C)c3)[nH]c2c1. The number of amides is 2. The van der Waals surface area contributed by atoms with Crippen molar-refractivity contribution in [2.75, 3.05) is 13.7 Å². The lowest BCUT2D eigenvalue weighted by atomic mass is 10.1. The Kier molecular flexibility index (Phi) is 5.30. The Morgan fingerprint density at radius 3 is 2.48 bits per heavy atom. The van der Waals surface area contributed by atoms with Crippen LogP contribution >= 0.6 is 0 Å². The summed E-state index contributed by atoms with van der Waals surface area (Å²) in [4.78, 5) is 27.1. The van der Waals surface area contributed by atoms with Gasteiger partial charge in [-0.2, -0.15) is 0 Å². The summed E-state index contributed by atoms with van der Waals surface area (Å²) in [6, 6.07) is 12.7. The zero-order chi connectivity index (χ0) is 19.4. The highest BCUT2D eigenvalue weighted by atomic mass is 16.5. The number of methoxy groups -OCH3 is 1. The highest BCUT2D eigenvalue weighted by molar-refractivity contribution is 5.99. The topological polar surface area (TPSA) is 92.5 Å². The molecule has 0 saturated heterocycles. The Morgan fingerprint density at radius 2 is 1.74 bits per heavy atom. The van der Waals surface area contributed by atoms with Gasteiger partial charge in [0.05, 0.1) is 7.11 Å². The minimum atomic E-state index is -0.459. The van der Waals surface area contributed by atoms with E-state index in [0.717, 1.165) is 22.0 Å². The van der Waals surface area contributed by atoms with Gasteiger partial charge in [-0.25, -0.2) is 0 Å². The van der Waals surface area contributed by atoms with Crippen molar-refractivity contribution in [3.8, 4) is 11.5 Å². The van der Waals surface area contributed by atoms with Crippen LogP contribution in [-0.4, -0.2) is 30.5 Å². The zero-order valence-electron chi connectivity index (χ0n) is 15.4. The number of carbonyl (C=O) groups excluding carboxylic acids is 2. The van der Waals surface area contributed by atoms with E-state index in [0.29, 0.717) is 17.2 Å². The number of hydrogen-bond donors (Lipinski definition) is 3. The van der Waals surface area contributed by atoms with Crippen molar-refractivity contribution in [3.05, 3.63) is 59.3 Å². The molecule has 3 rings (SSSR count). The summed E-state index contributed by atoms with van der Waals surface area (Å²) < 4.78 is 10.6. The predicted octanol–water partition coefficient (Wildman–Crippen LogP) is 2.63. The van der Waals surface area contributed by atoms with Crippen LogP contribution in [0.15, 0.2) is 42.5 Å². The van der Waals surface area contributed by atoms with Gasteiger partial charge < -0.3 is 14.5 Å². The van der Waals surface area contributed by atoms with Gasteiger partial charge in [0, 0.05) is 17.0 Å². The molecule has 3 aromatic rings. The van der Waals surface area contributed by atoms with Gasteiger partial charge in [0.25, 0.3) is 11.8 Å². The van der Waals surface area contributed by atoms with Crippen molar-refractivity contribution in [2.24, 2.45) is 0 Å². The molecule has 0 aliphatic heterocycles. The summed E-state index contributed by atoms with van der Waals surface area (Å²) in [5.74, 6) is 0.376. The standard InChI is InChI=1S/C20H21N3O4/c1-12-4-6-16(8-13(12)2)27-11-19(24)22-23-20(25)18-9-14-5-7-15(26-3)10-17(14)21-18/h4-10,21H,11H2,1-3H3,(H,22,24)(H,23,25). The molecule has 2 amide bonds. The maximum absolute atomic E-state index is 12.2. The highest BCUT2D eigenvalue weighted by Crippen LogP contribution is 2.21. The zero-order valence-corrected chi connectivity index (χ0v) is 15.4. The number of aromatic amines is 1. The van der Waals surface area contributed by atoms with Crippen molar-refractivity contribution in [2.45, 2.75) is 13.8 Å². The van der Waals surface area contributed by atoms with E-state index in [-0.39, 0.29) is 6.61 Å². The molecule has 0 unspecified atom stereocenters. The van der Waals surface area contributed by atoms with Crippen LogP contribution in [0, 0.1) is 13.8 Å². The van der Waals surface area contributed by atoms with Crippen LogP contribution in [0.5, 0.6) is 11.5 Å². The van der Waals surface area contributed by atoms with E-state index in [1.54, 1.807) is 25.3 Å². The fourth-order valence-corrected chi connectivity index (χ4v) is 2.54. The van der Waals surface area contributed by atoms with Gasteiger partial charge >= 0.3 is 0 Å². The average molecular weight is 367 g/mol. The molecule has 0 fully saturated rings. The summed E-state index contributed by atoms with van der Waals surface area (Å²) in [7, 11) is 1.58. The molecule has 2 aromatic carbocycles. The number of aryl methyl sites for hydroxylation is 2. The lowest BCUT2D eigenvalue weighted by Gasteiger charge is -2.09. The fourth-order valence-electron chi connectivity index (χ4n) is 2.54. The molecule has 140 valence electrons. The first-order chi connectivity index (χ1) is 13.0. The van der Waals surface area contributed by atoms with Gasteiger partial charge in [0.2, 0.25) is 0 Å². The monoisotopic (exact) mass is 367 g/mol. The van der Waals surface area contributed by atoms with E-state index in [4.69, 9.17) is 9.47 Å². The third-order valence-electron chi connectivity index (χ3n) is 4.24. The molecule has 7 heteroatoms. The van der Waals surface area contributed by atoms with Crippen molar-refractivity contribution in [3.63, 3.8) is 0 Å². The number of rotatable bonds is 5. The third kappa shape index (κ3) is 4.38. The number of hydrogen-bond acceptors (Lipinski definition) is 4. The third-order valence-corrected chi connectivity index (χ3v) is 4.24. The molecule has 0 spiro atoms. The van der Waals surface area contributed by atoms with Crippen molar-refractivity contribution in [1.82, 2.24) is 15.8 Å². The molecule has 0 bridgehead atoms. The van der Waals surface area contributed by atoms with E-state index < -0.39 is 11.8 Å². The summed E-state index contributed by atoms with van der Waals surface area (Å²) in [5.41, 5.74) is 8.02. The number of ether oxygens (including phenoxy) is 2. The van der Waals surface area contributed by atoms with Crippen LogP contribution in [0.1, 0.15) is 21.6 Å². The molecular formula is C20H21N3O4. The molecule has 0 aliphatic carbocycles. The molecule has 0 saturated carbocycles. The first-order valence-electron chi connectivity index (χ1n) is 8.42. The molecule has 0 radical (unpaired) electrons. The second-order valence-corrected chi connectivity index (χ2v) is 6.17. The van der Waals surface area contributed by atoms with E-state index in [1.165, 1.54) is 0 Å². The number of carbonyl (C=O) groups is 2. The highest BCUT2D eigenvalue weighted by Gasteiger charge is 2.11. The van der Waals surface area contributed by atoms with Gasteiger partial charge in [0.15, 0.2) is 6.61 Å². The lowest BCUT2D eigenvalue weighted by Crippen LogP contribution is -2.43. The normalized spacial score (nSPS) is 10.5. The smallest absolute Gasteiger partial charge is 0.286 e. The second-order valence-electron chi connectivity index (χ2n) is 6.17.